The summed E-state index contributed by atoms with van der Waals surface area (Å²) in [7, 11) is 0. The van der Waals surface area contributed by atoms with Gasteiger partial charge in [0.2, 0.25) is 5.76 Å². The topological polar surface area (TPSA) is 50.5 Å². The highest BCUT2D eigenvalue weighted by Gasteiger charge is 2.42. The number of halogens is 1. The van der Waals surface area contributed by atoms with Crippen molar-refractivity contribution in [2.75, 3.05) is 0 Å². The number of hydrogen-bond donors (Lipinski definition) is 0. The van der Waals surface area contributed by atoms with Gasteiger partial charge in [0.25, 0.3) is 5.91 Å². The van der Waals surface area contributed by atoms with Gasteiger partial charge in [0.1, 0.15) is 11.4 Å². The Morgan fingerprint density at radius 3 is 2.53 bits per heavy atom. The van der Waals surface area contributed by atoms with E-state index in [9.17, 15) is 14.0 Å². The van der Waals surface area contributed by atoms with Crippen LogP contribution in [0, 0.1) is 12.7 Å². The van der Waals surface area contributed by atoms with Crippen molar-refractivity contribution in [1.82, 2.24) is 4.90 Å². The van der Waals surface area contributed by atoms with Crippen LogP contribution in [0.4, 0.5) is 4.39 Å². The van der Waals surface area contributed by atoms with Crippen LogP contribution in [-0.2, 0) is 6.54 Å². The average Bonchev–Trinajstić information content (AvgIpc) is 3.02. The highest BCUT2D eigenvalue weighted by molar-refractivity contribution is 5.99. The fourth-order valence-electron chi connectivity index (χ4n) is 4.10. The summed E-state index contributed by atoms with van der Waals surface area (Å²) in [6.45, 7) is 2.17. The summed E-state index contributed by atoms with van der Waals surface area (Å²) in [6.07, 6.45) is 0. The number of nitrogens with zero attached hydrogens (tertiary/aromatic N) is 1. The maximum absolute atomic E-state index is 14.0. The predicted octanol–water partition coefficient (Wildman–Crippen LogP) is 4.99. The van der Waals surface area contributed by atoms with Crippen molar-refractivity contribution >= 4 is 16.9 Å². The third kappa shape index (κ3) is 2.90. The molecule has 5 heteroatoms. The van der Waals surface area contributed by atoms with Crippen LogP contribution in [0.3, 0.4) is 0 Å². The molecule has 1 aliphatic heterocycles. The molecule has 0 spiro atoms. The van der Waals surface area contributed by atoms with Crippen molar-refractivity contribution in [3.05, 3.63) is 117 Å². The second kappa shape index (κ2) is 6.95. The highest BCUT2D eigenvalue weighted by Crippen LogP contribution is 2.39. The van der Waals surface area contributed by atoms with Crippen molar-refractivity contribution in [2.45, 2.75) is 19.5 Å². The van der Waals surface area contributed by atoms with E-state index < -0.39 is 11.9 Å². The van der Waals surface area contributed by atoms with Crippen molar-refractivity contribution in [3.8, 4) is 0 Å². The van der Waals surface area contributed by atoms with E-state index in [1.54, 1.807) is 29.2 Å². The molecule has 1 aliphatic rings. The molecular weight excluding hydrogens is 381 g/mol. The first-order valence-corrected chi connectivity index (χ1v) is 9.70. The zero-order chi connectivity index (χ0) is 20.8. The molecule has 148 valence electrons. The van der Waals surface area contributed by atoms with Gasteiger partial charge in [-0.15, -0.1) is 0 Å². The van der Waals surface area contributed by atoms with E-state index in [0.29, 0.717) is 16.5 Å². The summed E-state index contributed by atoms with van der Waals surface area (Å²) >= 11 is 0. The Morgan fingerprint density at radius 2 is 1.77 bits per heavy atom. The Hall–Kier alpha value is -3.73. The molecule has 3 aromatic carbocycles. The van der Waals surface area contributed by atoms with Gasteiger partial charge < -0.3 is 9.32 Å². The summed E-state index contributed by atoms with van der Waals surface area (Å²) in [5.41, 5.74) is 2.75. The van der Waals surface area contributed by atoms with Crippen molar-refractivity contribution < 1.29 is 13.6 Å². The molecule has 0 bridgehead atoms. The molecule has 0 saturated heterocycles. The molecule has 1 atom stereocenters. The van der Waals surface area contributed by atoms with E-state index in [0.717, 1.165) is 11.1 Å². The maximum atomic E-state index is 14.0. The van der Waals surface area contributed by atoms with E-state index in [1.807, 2.05) is 43.3 Å². The number of carbonyl (C=O) groups excluding carboxylic acids is 1. The molecule has 2 heterocycles. The van der Waals surface area contributed by atoms with Crippen LogP contribution in [0.1, 0.15) is 38.9 Å². The second-order valence-electron chi connectivity index (χ2n) is 7.55. The third-order valence-corrected chi connectivity index (χ3v) is 5.48. The van der Waals surface area contributed by atoms with Gasteiger partial charge >= 0.3 is 0 Å². The number of hydrogen-bond acceptors (Lipinski definition) is 3. The molecule has 0 aliphatic carbocycles. The van der Waals surface area contributed by atoms with Gasteiger partial charge in [-0.05, 0) is 42.3 Å². The molecule has 0 N–H and O–H groups in total. The predicted molar refractivity (Wildman–Crippen MR) is 112 cm³/mol. The van der Waals surface area contributed by atoms with Crippen LogP contribution in [-0.4, -0.2) is 10.8 Å². The molecule has 0 fully saturated rings. The molecule has 0 saturated carbocycles. The molecule has 1 aromatic heterocycles. The number of fused-ring (bicyclic) bond motifs is 2. The van der Waals surface area contributed by atoms with Crippen molar-refractivity contribution in [2.24, 2.45) is 0 Å². The molecular formula is C25H18FNO3. The first kappa shape index (κ1) is 18.3. The maximum Gasteiger partial charge on any atom is 0.291 e. The van der Waals surface area contributed by atoms with E-state index >= 15 is 0 Å². The average molecular weight is 399 g/mol. The molecule has 5 rings (SSSR count). The van der Waals surface area contributed by atoms with Crippen LogP contribution in [0.15, 0.2) is 82.0 Å². The van der Waals surface area contributed by atoms with E-state index in [2.05, 4.69) is 0 Å². The molecule has 1 amide bonds. The van der Waals surface area contributed by atoms with Crippen LogP contribution in [0.2, 0.25) is 0 Å². The molecule has 0 radical (unpaired) electrons. The number of amides is 1. The van der Waals surface area contributed by atoms with E-state index in [1.165, 1.54) is 12.1 Å². The van der Waals surface area contributed by atoms with Crippen LogP contribution in [0.25, 0.3) is 11.0 Å². The molecule has 4 aromatic rings. The zero-order valence-electron chi connectivity index (χ0n) is 16.3. The normalized spacial score (nSPS) is 15.6. The van der Waals surface area contributed by atoms with Gasteiger partial charge in [0.15, 0.2) is 5.43 Å². The van der Waals surface area contributed by atoms with E-state index in [4.69, 9.17) is 4.42 Å². The minimum atomic E-state index is -0.718. The number of benzene rings is 3. The lowest BCUT2D eigenvalue weighted by Crippen LogP contribution is -2.29. The third-order valence-electron chi connectivity index (χ3n) is 5.48. The summed E-state index contributed by atoms with van der Waals surface area (Å²) in [6, 6.07) is 20.1. The van der Waals surface area contributed by atoms with Crippen LogP contribution < -0.4 is 5.43 Å². The van der Waals surface area contributed by atoms with Gasteiger partial charge in [-0.3, -0.25) is 9.59 Å². The monoisotopic (exact) mass is 399 g/mol. The van der Waals surface area contributed by atoms with Gasteiger partial charge in [-0.25, -0.2) is 4.39 Å². The van der Waals surface area contributed by atoms with Crippen LogP contribution in [0.5, 0.6) is 0 Å². The fraction of sp³-hybridized carbons (Fsp3) is 0.120. The van der Waals surface area contributed by atoms with Gasteiger partial charge in [-0.2, -0.15) is 0 Å². The van der Waals surface area contributed by atoms with Crippen molar-refractivity contribution in [3.63, 3.8) is 0 Å². The Kier molecular flexibility index (Phi) is 4.24. The summed E-state index contributed by atoms with van der Waals surface area (Å²) in [5.74, 6) is -0.765. The van der Waals surface area contributed by atoms with Gasteiger partial charge in [0.05, 0.1) is 17.0 Å². The zero-order valence-corrected chi connectivity index (χ0v) is 16.3. The molecule has 30 heavy (non-hydrogen) atoms. The number of rotatable bonds is 3. The summed E-state index contributed by atoms with van der Waals surface area (Å²) in [5, 5.41) is 0.421. The molecule has 1 unspecified atom stereocenters. The van der Waals surface area contributed by atoms with Gasteiger partial charge in [-0.1, -0.05) is 54.1 Å². The lowest BCUT2D eigenvalue weighted by atomic mass is 9.98. The summed E-state index contributed by atoms with van der Waals surface area (Å²) < 4.78 is 20.0. The number of carbonyl (C=O) groups is 1. The first-order chi connectivity index (χ1) is 14.5. The second-order valence-corrected chi connectivity index (χ2v) is 7.55. The Bertz CT molecular complexity index is 1340. The summed E-state index contributed by atoms with van der Waals surface area (Å²) in [4.78, 5) is 28.4. The minimum absolute atomic E-state index is 0.0292. The quantitative estimate of drug-likeness (QED) is 0.488. The minimum Gasteiger partial charge on any atom is -0.450 e. The smallest absolute Gasteiger partial charge is 0.291 e. The van der Waals surface area contributed by atoms with E-state index in [-0.39, 0.29) is 29.2 Å². The first-order valence-electron chi connectivity index (χ1n) is 9.70. The fourth-order valence-corrected chi connectivity index (χ4v) is 4.10. The standard InChI is InChI=1S/C25H18FNO3/c1-15-10-11-20-19(12-15)23(28)21-22(17-8-5-9-18(26)13-17)27(25(29)24(21)30-20)14-16-6-3-2-4-7-16/h2-13,22H,14H2,1H3. The van der Waals surface area contributed by atoms with Crippen molar-refractivity contribution in [1.29, 1.82) is 0 Å². The Morgan fingerprint density at radius 1 is 0.967 bits per heavy atom. The SMILES string of the molecule is Cc1ccc2oc3c(c(=O)c2c1)C(c1cccc(F)c1)N(Cc1ccccc1)C3=O. The van der Waals surface area contributed by atoms with Gasteiger partial charge in [0, 0.05) is 6.54 Å². The Balaban J connectivity index is 1.75. The lowest BCUT2D eigenvalue weighted by Gasteiger charge is -2.25. The largest absolute Gasteiger partial charge is 0.450 e. The molecule has 4 nitrogen and oxygen atoms in total. The number of aryl methyl sites for hydroxylation is 1. The lowest BCUT2D eigenvalue weighted by molar-refractivity contribution is 0.0714. The Labute approximate surface area is 172 Å². The highest BCUT2D eigenvalue weighted by atomic mass is 19.1. The van der Waals surface area contributed by atoms with Crippen LogP contribution >= 0.6 is 0 Å².